The Hall–Kier alpha value is -0.460. The molecule has 0 aromatic rings. The van der Waals surface area contributed by atoms with Gasteiger partial charge in [-0.15, -0.1) is 0 Å². The van der Waals surface area contributed by atoms with E-state index >= 15 is 0 Å². The summed E-state index contributed by atoms with van der Waals surface area (Å²) in [4.78, 5) is 0. The van der Waals surface area contributed by atoms with Gasteiger partial charge in [-0.1, -0.05) is 18.6 Å². The molecular formula is C20H34O5. The third-order valence-electron chi connectivity index (χ3n) is 7.01. The molecule has 7 atom stereocenters. The minimum Gasteiger partial charge on any atom is -0.388 e. The number of aliphatic hydroxyl groups excluding tert-OH is 3. The lowest BCUT2D eigenvalue weighted by Gasteiger charge is -2.51. The van der Waals surface area contributed by atoms with Gasteiger partial charge in [0, 0.05) is 0 Å². The van der Waals surface area contributed by atoms with Crippen molar-refractivity contribution in [2.24, 2.45) is 17.3 Å². The number of hydrogen-bond donors (Lipinski definition) is 3. The van der Waals surface area contributed by atoms with E-state index in [2.05, 4.69) is 33.8 Å². The van der Waals surface area contributed by atoms with Gasteiger partial charge in [-0.25, -0.2) is 0 Å². The summed E-state index contributed by atoms with van der Waals surface area (Å²) >= 11 is 0. The van der Waals surface area contributed by atoms with E-state index in [4.69, 9.17) is 9.47 Å². The molecule has 2 aliphatic carbocycles. The van der Waals surface area contributed by atoms with Crippen LogP contribution in [0.3, 0.4) is 0 Å². The molecule has 0 aromatic heterocycles. The van der Waals surface area contributed by atoms with E-state index in [9.17, 15) is 15.3 Å². The summed E-state index contributed by atoms with van der Waals surface area (Å²) in [6.45, 7) is 8.76. The monoisotopic (exact) mass is 354 g/mol. The van der Waals surface area contributed by atoms with Gasteiger partial charge < -0.3 is 24.8 Å². The van der Waals surface area contributed by atoms with Gasteiger partial charge in [0.05, 0.1) is 12.2 Å². The molecule has 1 heterocycles. The highest BCUT2D eigenvalue weighted by atomic mass is 16.7. The zero-order chi connectivity index (χ0) is 18.4. The van der Waals surface area contributed by atoms with Crippen molar-refractivity contribution in [3.63, 3.8) is 0 Å². The van der Waals surface area contributed by atoms with Crippen LogP contribution in [0, 0.1) is 17.3 Å². The molecule has 1 aliphatic heterocycles. The molecule has 5 nitrogen and oxygen atoms in total. The molecule has 3 aliphatic rings. The molecule has 0 spiro atoms. The Balaban J connectivity index is 1.68. The van der Waals surface area contributed by atoms with Gasteiger partial charge in [-0.3, -0.25) is 0 Å². The molecular weight excluding hydrogens is 320 g/mol. The first kappa shape index (κ1) is 19.3. The Bertz CT molecular complexity index is 516. The van der Waals surface area contributed by atoms with Crippen molar-refractivity contribution in [2.75, 3.05) is 6.61 Å². The molecule has 0 aromatic carbocycles. The average molecular weight is 354 g/mol. The third-order valence-corrected chi connectivity index (χ3v) is 7.01. The molecule has 0 amide bonds. The van der Waals surface area contributed by atoms with Crippen molar-refractivity contribution >= 4 is 0 Å². The average Bonchev–Trinajstić information content (AvgIpc) is 2.55. The Kier molecular flexibility index (Phi) is 5.35. The van der Waals surface area contributed by atoms with Crippen molar-refractivity contribution in [1.82, 2.24) is 0 Å². The number of aliphatic hydroxyl groups is 3. The van der Waals surface area contributed by atoms with Crippen LogP contribution < -0.4 is 0 Å². The number of rotatable bonds is 3. The van der Waals surface area contributed by atoms with Crippen molar-refractivity contribution in [2.45, 2.75) is 90.0 Å². The normalized spacial score (nSPS) is 45.6. The van der Waals surface area contributed by atoms with Crippen LogP contribution in [0.1, 0.15) is 59.8 Å². The van der Waals surface area contributed by atoms with Crippen molar-refractivity contribution < 1.29 is 24.8 Å². The van der Waals surface area contributed by atoms with Crippen LogP contribution in [-0.4, -0.2) is 52.1 Å². The molecule has 25 heavy (non-hydrogen) atoms. The van der Waals surface area contributed by atoms with Gasteiger partial charge in [0.25, 0.3) is 0 Å². The quantitative estimate of drug-likeness (QED) is 0.678. The highest BCUT2D eigenvalue weighted by molar-refractivity contribution is 5.15. The molecule has 1 saturated carbocycles. The molecule has 0 radical (unpaired) electrons. The fraction of sp³-hybridized carbons (Fsp3) is 0.900. The zero-order valence-corrected chi connectivity index (χ0v) is 15.9. The van der Waals surface area contributed by atoms with E-state index in [1.165, 1.54) is 24.8 Å². The van der Waals surface area contributed by atoms with Crippen molar-refractivity contribution in [3.8, 4) is 0 Å². The van der Waals surface area contributed by atoms with E-state index in [1.807, 2.05) is 0 Å². The largest absolute Gasteiger partial charge is 0.388 e. The molecule has 3 N–H and O–H groups in total. The van der Waals surface area contributed by atoms with Gasteiger partial charge in [0.1, 0.15) is 18.3 Å². The molecule has 0 unspecified atom stereocenters. The van der Waals surface area contributed by atoms with Crippen LogP contribution in [0.5, 0.6) is 0 Å². The van der Waals surface area contributed by atoms with Crippen LogP contribution in [0.2, 0.25) is 0 Å². The van der Waals surface area contributed by atoms with Crippen LogP contribution in [0.25, 0.3) is 0 Å². The van der Waals surface area contributed by atoms with E-state index in [0.717, 1.165) is 12.8 Å². The van der Waals surface area contributed by atoms with Crippen molar-refractivity contribution in [3.05, 3.63) is 11.6 Å². The standard InChI is InChI=1S/C20H34O5/c1-12-6-5-8-20(4)9-7-13(10-14(12)20)19(2,3)25-18-17(23)16(22)15(21)11-24-18/h6,13-18,21-23H,5,7-11H2,1-4H3/t13-,14+,15-,16+,17-,18+,20-/m1/s1. The molecule has 1 saturated heterocycles. The van der Waals surface area contributed by atoms with Gasteiger partial charge in [0.15, 0.2) is 6.29 Å². The minimum absolute atomic E-state index is 0.0216. The summed E-state index contributed by atoms with van der Waals surface area (Å²) in [7, 11) is 0. The van der Waals surface area contributed by atoms with Crippen LogP contribution in [-0.2, 0) is 9.47 Å². The first-order valence-corrected chi connectivity index (χ1v) is 9.64. The molecule has 2 fully saturated rings. The molecule has 144 valence electrons. The predicted octanol–water partition coefficient (Wildman–Crippen LogP) is 2.38. The second-order valence-corrected chi connectivity index (χ2v) is 9.14. The summed E-state index contributed by atoms with van der Waals surface area (Å²) in [5.74, 6) is 0.958. The predicted molar refractivity (Wildman–Crippen MR) is 94.9 cm³/mol. The Morgan fingerprint density at radius 3 is 2.64 bits per heavy atom. The fourth-order valence-electron chi connectivity index (χ4n) is 5.08. The van der Waals surface area contributed by atoms with Gasteiger partial charge in [-0.05, 0) is 70.1 Å². The summed E-state index contributed by atoms with van der Waals surface area (Å²) in [6.07, 6.45) is 3.78. The maximum Gasteiger partial charge on any atom is 0.186 e. The van der Waals surface area contributed by atoms with Crippen molar-refractivity contribution in [1.29, 1.82) is 0 Å². The number of allylic oxidation sites excluding steroid dienone is 2. The minimum atomic E-state index is -1.23. The summed E-state index contributed by atoms with van der Waals surface area (Å²) in [5, 5.41) is 29.7. The smallest absolute Gasteiger partial charge is 0.186 e. The van der Waals surface area contributed by atoms with E-state index in [0.29, 0.717) is 17.3 Å². The first-order valence-electron chi connectivity index (χ1n) is 9.64. The van der Waals surface area contributed by atoms with Crippen LogP contribution >= 0.6 is 0 Å². The second-order valence-electron chi connectivity index (χ2n) is 9.14. The first-order chi connectivity index (χ1) is 11.6. The molecule has 5 heteroatoms. The Labute approximate surface area is 151 Å². The third kappa shape index (κ3) is 3.67. The number of hydrogen-bond acceptors (Lipinski definition) is 5. The number of fused-ring (bicyclic) bond motifs is 1. The van der Waals surface area contributed by atoms with E-state index in [1.54, 1.807) is 0 Å². The van der Waals surface area contributed by atoms with Gasteiger partial charge in [-0.2, -0.15) is 0 Å². The molecule has 0 bridgehead atoms. The molecule has 3 rings (SSSR count). The maximum absolute atomic E-state index is 10.2. The van der Waals surface area contributed by atoms with Crippen LogP contribution in [0.4, 0.5) is 0 Å². The Morgan fingerprint density at radius 2 is 1.92 bits per heavy atom. The number of ether oxygens (including phenoxy) is 2. The fourth-order valence-corrected chi connectivity index (χ4v) is 5.08. The maximum atomic E-state index is 10.2. The summed E-state index contributed by atoms with van der Waals surface area (Å²) in [6, 6.07) is 0. The van der Waals surface area contributed by atoms with E-state index in [-0.39, 0.29) is 6.61 Å². The SMILES string of the molecule is CC1=CCC[C@]2(C)CC[C@@H](C(C)(C)O[C@@H]3OC[C@@H](O)[C@H](O)[C@H]3O)C[C@@H]12. The second kappa shape index (κ2) is 6.93. The highest BCUT2D eigenvalue weighted by Crippen LogP contribution is 2.54. The lowest BCUT2D eigenvalue weighted by molar-refractivity contribution is -0.305. The topological polar surface area (TPSA) is 79.2 Å². The van der Waals surface area contributed by atoms with E-state index < -0.39 is 30.2 Å². The lowest BCUT2D eigenvalue weighted by Crippen LogP contribution is -2.56. The summed E-state index contributed by atoms with van der Waals surface area (Å²) < 4.78 is 11.6. The lowest BCUT2D eigenvalue weighted by atomic mass is 9.56. The van der Waals surface area contributed by atoms with Gasteiger partial charge >= 0.3 is 0 Å². The van der Waals surface area contributed by atoms with Gasteiger partial charge in [0.2, 0.25) is 0 Å². The zero-order valence-electron chi connectivity index (χ0n) is 15.9. The highest BCUT2D eigenvalue weighted by Gasteiger charge is 2.48. The van der Waals surface area contributed by atoms with Crippen LogP contribution in [0.15, 0.2) is 11.6 Å². The summed E-state index contributed by atoms with van der Waals surface area (Å²) in [5.41, 5.74) is 1.43. The Morgan fingerprint density at radius 1 is 1.20 bits per heavy atom.